The van der Waals surface area contributed by atoms with Crippen LogP contribution in [0.5, 0.6) is 0 Å². The van der Waals surface area contributed by atoms with E-state index in [1.807, 2.05) is 40.0 Å². The van der Waals surface area contributed by atoms with Crippen molar-refractivity contribution in [3.05, 3.63) is 30.1 Å². The van der Waals surface area contributed by atoms with Crippen molar-refractivity contribution in [2.24, 2.45) is 11.8 Å². The van der Waals surface area contributed by atoms with Gasteiger partial charge in [0, 0.05) is 25.9 Å². The Kier molecular flexibility index (Phi) is 5.10. The number of aromatic nitrogens is 2. The molecule has 0 aliphatic carbocycles. The highest BCUT2D eigenvalue weighted by molar-refractivity contribution is 7.98. The Bertz CT molecular complexity index is 860. The van der Waals surface area contributed by atoms with E-state index in [0.29, 0.717) is 31.8 Å². The number of likely N-dealkylation sites (tertiary alicyclic amines) is 1. The summed E-state index contributed by atoms with van der Waals surface area (Å²) in [5.74, 6) is -1.05. The van der Waals surface area contributed by atoms with Gasteiger partial charge in [0.25, 0.3) is 5.91 Å². The standard InChI is InChI=1S/C19H23N3O4S/c1-27-19-20-15(14-4-2-3-8-22(14)19)17(23)21-9-5-12(6-10-21)16-13(18(24)25)7-11-26-16/h2-4,8,12-13,16H,5-7,9-11H2,1H3,(H,24,25)/t13?,16-/m0/s1. The van der Waals surface area contributed by atoms with Crippen LogP contribution < -0.4 is 0 Å². The summed E-state index contributed by atoms with van der Waals surface area (Å²) in [6.45, 7) is 1.73. The molecule has 4 heterocycles. The van der Waals surface area contributed by atoms with Crippen LogP contribution >= 0.6 is 11.8 Å². The molecule has 4 rings (SSSR count). The smallest absolute Gasteiger partial charge is 0.309 e. The van der Waals surface area contributed by atoms with Crippen LogP contribution in [-0.2, 0) is 9.53 Å². The van der Waals surface area contributed by atoms with Crippen molar-refractivity contribution in [3.63, 3.8) is 0 Å². The first-order valence-corrected chi connectivity index (χ1v) is 10.5. The molecular formula is C19H23N3O4S. The number of carbonyl (C=O) groups is 2. The van der Waals surface area contributed by atoms with Crippen molar-refractivity contribution in [2.75, 3.05) is 26.0 Å². The van der Waals surface area contributed by atoms with Gasteiger partial charge in [-0.25, -0.2) is 4.98 Å². The summed E-state index contributed by atoms with van der Waals surface area (Å²) < 4.78 is 7.66. The Morgan fingerprint density at radius 2 is 2.04 bits per heavy atom. The summed E-state index contributed by atoms with van der Waals surface area (Å²) in [5, 5.41) is 10.2. The number of rotatable bonds is 4. The van der Waals surface area contributed by atoms with Crippen molar-refractivity contribution >= 4 is 29.2 Å². The van der Waals surface area contributed by atoms with Gasteiger partial charge in [-0.2, -0.15) is 0 Å². The minimum absolute atomic E-state index is 0.0559. The van der Waals surface area contributed by atoms with E-state index in [-0.39, 0.29) is 17.9 Å². The number of hydrogen-bond donors (Lipinski definition) is 1. The maximum atomic E-state index is 13.1. The first-order chi connectivity index (χ1) is 13.1. The summed E-state index contributed by atoms with van der Waals surface area (Å²) in [7, 11) is 0. The minimum Gasteiger partial charge on any atom is -0.481 e. The summed E-state index contributed by atoms with van der Waals surface area (Å²) >= 11 is 1.51. The molecule has 8 heteroatoms. The van der Waals surface area contributed by atoms with Crippen LogP contribution in [0.25, 0.3) is 5.52 Å². The zero-order valence-corrected chi connectivity index (χ0v) is 16.0. The fourth-order valence-corrected chi connectivity index (χ4v) is 4.77. The Morgan fingerprint density at radius 3 is 2.74 bits per heavy atom. The second-order valence-corrected chi connectivity index (χ2v) is 7.87. The normalized spacial score (nSPS) is 23.8. The molecule has 0 bridgehead atoms. The number of imidazole rings is 1. The van der Waals surface area contributed by atoms with E-state index in [2.05, 4.69) is 4.98 Å². The quantitative estimate of drug-likeness (QED) is 0.809. The molecule has 0 radical (unpaired) electrons. The fourth-order valence-electron chi connectivity index (χ4n) is 4.23. The zero-order valence-electron chi connectivity index (χ0n) is 15.2. The molecule has 2 fully saturated rings. The minimum atomic E-state index is -0.773. The van der Waals surface area contributed by atoms with Crippen molar-refractivity contribution < 1.29 is 19.4 Å². The molecule has 2 saturated heterocycles. The third kappa shape index (κ3) is 3.32. The summed E-state index contributed by atoms with van der Waals surface area (Å²) in [4.78, 5) is 30.9. The number of fused-ring (bicyclic) bond motifs is 1. The fraction of sp³-hybridized carbons (Fsp3) is 0.526. The van der Waals surface area contributed by atoms with Gasteiger partial charge in [0.2, 0.25) is 0 Å². The molecular weight excluding hydrogens is 366 g/mol. The van der Waals surface area contributed by atoms with Gasteiger partial charge >= 0.3 is 5.97 Å². The summed E-state index contributed by atoms with van der Waals surface area (Å²) in [5.41, 5.74) is 1.30. The summed E-state index contributed by atoms with van der Waals surface area (Å²) in [6, 6.07) is 5.75. The van der Waals surface area contributed by atoms with Crippen LogP contribution in [0.4, 0.5) is 0 Å². The van der Waals surface area contributed by atoms with Gasteiger partial charge in [-0.05, 0) is 43.6 Å². The lowest BCUT2D eigenvalue weighted by atomic mass is 9.84. The number of piperidine rings is 1. The Hall–Kier alpha value is -2.06. The number of carboxylic acid groups (broad SMARTS) is 1. The number of carbonyl (C=O) groups excluding carboxylic acids is 1. The number of nitrogens with zero attached hydrogens (tertiary/aromatic N) is 3. The number of carboxylic acids is 1. The number of amides is 1. The lowest BCUT2D eigenvalue weighted by molar-refractivity contribution is -0.145. The van der Waals surface area contributed by atoms with Gasteiger partial charge in [-0.3, -0.25) is 14.0 Å². The molecule has 2 aliphatic rings. The number of thioether (sulfide) groups is 1. The number of aliphatic carboxylic acids is 1. The van der Waals surface area contributed by atoms with Gasteiger partial charge < -0.3 is 14.7 Å². The van der Waals surface area contributed by atoms with E-state index in [4.69, 9.17) is 4.74 Å². The highest BCUT2D eigenvalue weighted by atomic mass is 32.2. The van der Waals surface area contributed by atoms with E-state index < -0.39 is 11.9 Å². The monoisotopic (exact) mass is 389 g/mol. The first kappa shape index (κ1) is 18.3. The zero-order chi connectivity index (χ0) is 19.0. The molecule has 1 unspecified atom stereocenters. The number of ether oxygens (including phenoxy) is 1. The SMILES string of the molecule is CSc1nc(C(=O)N2CCC([C@@H]3OCCC3C(=O)O)CC2)c2ccccn12. The van der Waals surface area contributed by atoms with Crippen LogP contribution in [0.1, 0.15) is 29.8 Å². The molecule has 2 aromatic heterocycles. The third-order valence-corrected chi connectivity index (χ3v) is 6.30. The van der Waals surface area contributed by atoms with Crippen LogP contribution in [0.2, 0.25) is 0 Å². The molecule has 7 nitrogen and oxygen atoms in total. The van der Waals surface area contributed by atoms with Crippen molar-refractivity contribution in [2.45, 2.75) is 30.5 Å². The molecule has 2 aliphatic heterocycles. The van der Waals surface area contributed by atoms with Crippen LogP contribution in [0.3, 0.4) is 0 Å². The largest absolute Gasteiger partial charge is 0.481 e. The molecule has 1 amide bonds. The van der Waals surface area contributed by atoms with Gasteiger partial charge in [0.15, 0.2) is 10.9 Å². The Balaban J connectivity index is 1.47. The van der Waals surface area contributed by atoms with E-state index in [1.54, 1.807) is 0 Å². The van der Waals surface area contributed by atoms with Gasteiger partial charge in [-0.15, -0.1) is 0 Å². The van der Waals surface area contributed by atoms with Crippen molar-refractivity contribution in [1.29, 1.82) is 0 Å². The van der Waals surface area contributed by atoms with Crippen LogP contribution in [-0.4, -0.2) is 63.3 Å². The Morgan fingerprint density at radius 1 is 1.26 bits per heavy atom. The van der Waals surface area contributed by atoms with E-state index in [9.17, 15) is 14.7 Å². The van der Waals surface area contributed by atoms with E-state index in [0.717, 1.165) is 23.5 Å². The second kappa shape index (κ2) is 7.52. The highest BCUT2D eigenvalue weighted by Gasteiger charge is 2.41. The third-order valence-electron chi connectivity index (χ3n) is 5.65. The topological polar surface area (TPSA) is 84.1 Å². The average Bonchev–Trinajstić information content (AvgIpc) is 3.32. The lowest BCUT2D eigenvalue weighted by Crippen LogP contribution is -2.43. The predicted octanol–water partition coefficient (Wildman–Crippen LogP) is 2.40. The lowest BCUT2D eigenvalue weighted by Gasteiger charge is -2.35. The molecule has 27 heavy (non-hydrogen) atoms. The molecule has 0 spiro atoms. The molecule has 1 N–H and O–H groups in total. The van der Waals surface area contributed by atoms with Gasteiger partial charge in [0.1, 0.15) is 0 Å². The molecule has 2 atom stereocenters. The Labute approximate surface area is 161 Å². The second-order valence-electron chi connectivity index (χ2n) is 7.10. The van der Waals surface area contributed by atoms with Gasteiger partial charge in [0.05, 0.1) is 17.5 Å². The summed E-state index contributed by atoms with van der Waals surface area (Å²) in [6.07, 6.45) is 5.75. The van der Waals surface area contributed by atoms with E-state index in [1.165, 1.54) is 11.8 Å². The predicted molar refractivity (Wildman–Crippen MR) is 101 cm³/mol. The van der Waals surface area contributed by atoms with Crippen molar-refractivity contribution in [1.82, 2.24) is 14.3 Å². The molecule has 0 saturated carbocycles. The van der Waals surface area contributed by atoms with Crippen LogP contribution in [0.15, 0.2) is 29.6 Å². The highest BCUT2D eigenvalue weighted by Crippen LogP contribution is 2.34. The van der Waals surface area contributed by atoms with E-state index >= 15 is 0 Å². The first-order valence-electron chi connectivity index (χ1n) is 9.25. The maximum absolute atomic E-state index is 13.1. The molecule has 2 aromatic rings. The van der Waals surface area contributed by atoms with Crippen molar-refractivity contribution in [3.8, 4) is 0 Å². The molecule has 0 aromatic carbocycles. The molecule has 144 valence electrons. The number of pyridine rings is 1. The van der Waals surface area contributed by atoms with Gasteiger partial charge in [-0.1, -0.05) is 17.8 Å². The number of hydrogen-bond acceptors (Lipinski definition) is 5. The maximum Gasteiger partial charge on any atom is 0.309 e. The van der Waals surface area contributed by atoms with Crippen LogP contribution in [0, 0.1) is 11.8 Å². The average molecular weight is 389 g/mol.